The fourth-order valence-electron chi connectivity index (χ4n) is 3.37. The topological polar surface area (TPSA) is 58.4 Å². The number of benzene rings is 2. The summed E-state index contributed by atoms with van der Waals surface area (Å²) in [5, 5.41) is 14.1. The summed E-state index contributed by atoms with van der Waals surface area (Å²) in [6.45, 7) is 1.25. The maximum atomic E-state index is 13.2. The van der Waals surface area contributed by atoms with Crippen molar-refractivity contribution in [3.8, 4) is 11.3 Å². The fraction of sp³-hybridized carbons (Fsp3) is 0.200. The molecule has 2 aromatic carbocycles. The van der Waals surface area contributed by atoms with Crippen molar-refractivity contribution in [1.29, 1.82) is 0 Å². The number of halogens is 1. The lowest BCUT2D eigenvalue weighted by atomic mass is 10.00. The van der Waals surface area contributed by atoms with Crippen molar-refractivity contribution in [2.24, 2.45) is 0 Å². The van der Waals surface area contributed by atoms with Crippen molar-refractivity contribution in [2.75, 3.05) is 6.54 Å². The van der Waals surface area contributed by atoms with Gasteiger partial charge in [-0.05, 0) is 24.1 Å². The van der Waals surface area contributed by atoms with E-state index < -0.39 is 6.09 Å². The van der Waals surface area contributed by atoms with Crippen LogP contribution in [0.3, 0.4) is 0 Å². The van der Waals surface area contributed by atoms with Gasteiger partial charge in [-0.3, -0.25) is 4.68 Å². The molecule has 0 saturated heterocycles. The Hall–Kier alpha value is -3.15. The highest BCUT2D eigenvalue weighted by atomic mass is 19.1. The second-order valence-electron chi connectivity index (χ2n) is 6.38. The van der Waals surface area contributed by atoms with E-state index in [1.54, 1.807) is 12.1 Å². The average molecular weight is 351 g/mol. The molecule has 26 heavy (non-hydrogen) atoms. The van der Waals surface area contributed by atoms with Gasteiger partial charge < -0.3 is 10.0 Å². The van der Waals surface area contributed by atoms with Crippen molar-refractivity contribution in [3.05, 3.63) is 77.2 Å². The third kappa shape index (κ3) is 3.06. The van der Waals surface area contributed by atoms with Gasteiger partial charge in [0.2, 0.25) is 0 Å². The second-order valence-corrected chi connectivity index (χ2v) is 6.38. The molecule has 0 unspecified atom stereocenters. The third-order valence-electron chi connectivity index (χ3n) is 4.70. The van der Waals surface area contributed by atoms with Crippen LogP contribution in [0.4, 0.5) is 9.18 Å². The molecule has 0 spiro atoms. The van der Waals surface area contributed by atoms with Crippen LogP contribution in [0.25, 0.3) is 11.3 Å². The Bertz CT molecular complexity index is 936. The van der Waals surface area contributed by atoms with Crippen molar-refractivity contribution < 1.29 is 14.3 Å². The number of carboxylic acid groups (broad SMARTS) is 1. The van der Waals surface area contributed by atoms with E-state index in [9.17, 15) is 14.3 Å². The lowest BCUT2D eigenvalue weighted by Gasteiger charge is -2.25. The summed E-state index contributed by atoms with van der Waals surface area (Å²) >= 11 is 0. The Balaban J connectivity index is 1.76. The number of aromatic nitrogens is 2. The minimum atomic E-state index is -0.925. The molecule has 2 heterocycles. The largest absolute Gasteiger partial charge is 0.465 e. The SMILES string of the molecule is O=C(O)N1CCc2c(-c3ccccc3)nn(Cc3ccc(F)cc3)c2C1. The van der Waals surface area contributed by atoms with Gasteiger partial charge in [-0.1, -0.05) is 42.5 Å². The van der Waals surface area contributed by atoms with Gasteiger partial charge in [-0.15, -0.1) is 0 Å². The van der Waals surface area contributed by atoms with Crippen LogP contribution in [-0.2, 0) is 19.5 Å². The smallest absolute Gasteiger partial charge is 0.407 e. The number of amides is 1. The first-order valence-electron chi connectivity index (χ1n) is 8.48. The molecular formula is C20H18FN3O2. The zero-order chi connectivity index (χ0) is 18.1. The van der Waals surface area contributed by atoms with E-state index >= 15 is 0 Å². The van der Waals surface area contributed by atoms with Crippen molar-refractivity contribution >= 4 is 6.09 Å². The summed E-state index contributed by atoms with van der Waals surface area (Å²) in [6.07, 6.45) is -0.290. The Morgan fingerprint density at radius 2 is 1.85 bits per heavy atom. The second kappa shape index (κ2) is 6.63. The summed E-state index contributed by atoms with van der Waals surface area (Å²) in [4.78, 5) is 12.8. The van der Waals surface area contributed by atoms with Crippen LogP contribution in [-0.4, -0.2) is 32.4 Å². The summed E-state index contributed by atoms with van der Waals surface area (Å²) in [6, 6.07) is 16.2. The van der Waals surface area contributed by atoms with Gasteiger partial charge in [-0.2, -0.15) is 5.10 Å². The summed E-state index contributed by atoms with van der Waals surface area (Å²) in [7, 11) is 0. The Morgan fingerprint density at radius 3 is 2.54 bits per heavy atom. The van der Waals surface area contributed by atoms with E-state index in [4.69, 9.17) is 5.10 Å². The van der Waals surface area contributed by atoms with Crippen LogP contribution < -0.4 is 0 Å². The number of fused-ring (bicyclic) bond motifs is 1. The lowest BCUT2D eigenvalue weighted by Crippen LogP contribution is -2.35. The van der Waals surface area contributed by atoms with E-state index in [0.29, 0.717) is 26.1 Å². The monoisotopic (exact) mass is 351 g/mol. The molecule has 4 rings (SSSR count). The number of nitrogens with zero attached hydrogens (tertiary/aromatic N) is 3. The van der Waals surface area contributed by atoms with E-state index in [-0.39, 0.29) is 5.82 Å². The minimum Gasteiger partial charge on any atom is -0.465 e. The molecular weight excluding hydrogens is 333 g/mol. The highest BCUT2D eigenvalue weighted by molar-refractivity contribution is 5.68. The van der Waals surface area contributed by atoms with Crippen LogP contribution in [0, 0.1) is 5.82 Å². The van der Waals surface area contributed by atoms with Crippen LogP contribution >= 0.6 is 0 Å². The first-order valence-corrected chi connectivity index (χ1v) is 8.48. The molecule has 1 aromatic heterocycles. The summed E-state index contributed by atoms with van der Waals surface area (Å²) < 4.78 is 15.0. The predicted molar refractivity (Wildman–Crippen MR) is 95.3 cm³/mol. The molecule has 1 aliphatic rings. The lowest BCUT2D eigenvalue weighted by molar-refractivity contribution is 0.138. The van der Waals surface area contributed by atoms with Crippen molar-refractivity contribution in [2.45, 2.75) is 19.5 Å². The van der Waals surface area contributed by atoms with Gasteiger partial charge in [0.05, 0.1) is 24.5 Å². The molecule has 0 saturated carbocycles. The summed E-state index contributed by atoms with van der Waals surface area (Å²) in [5.41, 5.74) is 4.83. The van der Waals surface area contributed by atoms with Gasteiger partial charge in [0.25, 0.3) is 0 Å². The molecule has 1 aliphatic heterocycles. The van der Waals surface area contributed by atoms with Gasteiger partial charge in [0, 0.05) is 17.7 Å². The maximum absolute atomic E-state index is 13.2. The highest BCUT2D eigenvalue weighted by Crippen LogP contribution is 2.30. The van der Waals surface area contributed by atoms with Crippen molar-refractivity contribution in [3.63, 3.8) is 0 Å². The van der Waals surface area contributed by atoms with E-state index in [0.717, 1.165) is 28.1 Å². The number of hydrogen-bond donors (Lipinski definition) is 1. The molecule has 0 bridgehead atoms. The van der Waals surface area contributed by atoms with Crippen LogP contribution in [0.15, 0.2) is 54.6 Å². The molecule has 132 valence electrons. The van der Waals surface area contributed by atoms with Crippen LogP contribution in [0.1, 0.15) is 16.8 Å². The molecule has 1 amide bonds. The Labute approximate surface area is 150 Å². The number of rotatable bonds is 3. The Kier molecular flexibility index (Phi) is 4.16. The third-order valence-corrected chi connectivity index (χ3v) is 4.70. The molecule has 0 atom stereocenters. The standard InChI is InChI=1S/C20H18FN3O2/c21-16-8-6-14(7-9-16)12-24-18-13-23(20(25)26)11-10-17(18)19(22-24)15-4-2-1-3-5-15/h1-9H,10-13H2,(H,25,26). The maximum Gasteiger partial charge on any atom is 0.407 e. The molecule has 6 heteroatoms. The van der Waals surface area contributed by atoms with E-state index in [1.165, 1.54) is 17.0 Å². The zero-order valence-corrected chi connectivity index (χ0v) is 14.1. The molecule has 0 fully saturated rings. The van der Waals surface area contributed by atoms with E-state index in [1.807, 2.05) is 35.0 Å². The van der Waals surface area contributed by atoms with E-state index in [2.05, 4.69) is 0 Å². The fourth-order valence-corrected chi connectivity index (χ4v) is 3.37. The zero-order valence-electron chi connectivity index (χ0n) is 14.1. The van der Waals surface area contributed by atoms with Crippen molar-refractivity contribution in [1.82, 2.24) is 14.7 Å². The predicted octanol–water partition coefficient (Wildman–Crippen LogP) is 3.77. The molecule has 0 radical (unpaired) electrons. The van der Waals surface area contributed by atoms with Gasteiger partial charge in [-0.25, -0.2) is 9.18 Å². The number of hydrogen-bond acceptors (Lipinski definition) is 2. The quantitative estimate of drug-likeness (QED) is 0.781. The molecule has 0 aliphatic carbocycles. The molecule has 3 aromatic rings. The first kappa shape index (κ1) is 16.3. The minimum absolute atomic E-state index is 0.279. The first-order chi connectivity index (χ1) is 12.6. The summed E-state index contributed by atoms with van der Waals surface area (Å²) in [5.74, 6) is -0.279. The molecule has 5 nitrogen and oxygen atoms in total. The van der Waals surface area contributed by atoms with Crippen LogP contribution in [0.5, 0.6) is 0 Å². The van der Waals surface area contributed by atoms with Crippen LogP contribution in [0.2, 0.25) is 0 Å². The Morgan fingerprint density at radius 1 is 1.12 bits per heavy atom. The van der Waals surface area contributed by atoms with Gasteiger partial charge in [0.15, 0.2) is 0 Å². The molecule has 1 N–H and O–H groups in total. The highest BCUT2D eigenvalue weighted by Gasteiger charge is 2.27. The normalized spacial score (nSPS) is 13.5. The van der Waals surface area contributed by atoms with Gasteiger partial charge in [0.1, 0.15) is 5.82 Å². The average Bonchev–Trinajstić information content (AvgIpc) is 3.02. The number of carbonyl (C=O) groups is 1. The van der Waals surface area contributed by atoms with Gasteiger partial charge >= 0.3 is 6.09 Å².